The van der Waals surface area contributed by atoms with E-state index in [1.165, 1.54) is 0 Å². The van der Waals surface area contributed by atoms with Crippen LogP contribution < -0.4 is 0 Å². The van der Waals surface area contributed by atoms with E-state index in [0.717, 1.165) is 29.4 Å². The lowest BCUT2D eigenvalue weighted by molar-refractivity contribution is -0.131. The minimum absolute atomic E-state index is 0.0379. The van der Waals surface area contributed by atoms with Crippen LogP contribution in [0.25, 0.3) is 11.4 Å². The van der Waals surface area contributed by atoms with Gasteiger partial charge in [0.1, 0.15) is 5.38 Å². The lowest BCUT2D eigenvalue weighted by Crippen LogP contribution is -2.42. The zero-order chi connectivity index (χ0) is 16.4. The van der Waals surface area contributed by atoms with E-state index in [0.29, 0.717) is 18.3 Å². The van der Waals surface area contributed by atoms with Crippen LogP contribution in [0.4, 0.5) is 0 Å². The quantitative estimate of drug-likeness (QED) is 0.737. The summed E-state index contributed by atoms with van der Waals surface area (Å²) in [7, 11) is 0. The number of hydrogen-bond donors (Lipinski definition) is 0. The van der Waals surface area contributed by atoms with E-state index in [9.17, 15) is 4.79 Å². The van der Waals surface area contributed by atoms with Gasteiger partial charge in [-0.2, -0.15) is 4.98 Å². The Morgan fingerprint density at radius 3 is 2.87 bits per heavy atom. The molecule has 0 saturated carbocycles. The molecule has 2 heterocycles. The number of rotatable bonds is 3. The van der Waals surface area contributed by atoms with Gasteiger partial charge in [-0.3, -0.25) is 4.79 Å². The number of hydrogen-bond acceptors (Lipinski definition) is 4. The molecule has 1 aliphatic heterocycles. The number of carbonyl (C=O) groups is 1. The zero-order valence-electron chi connectivity index (χ0n) is 12.7. The molecule has 0 radical (unpaired) electrons. The number of benzene rings is 1. The molecule has 0 bridgehead atoms. The second-order valence-electron chi connectivity index (χ2n) is 5.70. The number of amides is 1. The predicted octanol–water partition coefficient (Wildman–Crippen LogP) is 3.83. The van der Waals surface area contributed by atoms with E-state index in [2.05, 4.69) is 26.1 Å². The van der Waals surface area contributed by atoms with Crippen LogP contribution in [-0.4, -0.2) is 39.4 Å². The topological polar surface area (TPSA) is 59.2 Å². The first-order valence-electron chi connectivity index (χ1n) is 7.57. The molecular formula is C16H17BrClN3O2. The fraction of sp³-hybridized carbons (Fsp3) is 0.438. The highest BCUT2D eigenvalue weighted by molar-refractivity contribution is 9.10. The van der Waals surface area contributed by atoms with Crippen LogP contribution in [-0.2, 0) is 4.79 Å². The second-order valence-corrected chi connectivity index (χ2v) is 7.27. The molecule has 2 atom stereocenters. The van der Waals surface area contributed by atoms with E-state index in [-0.39, 0.29) is 11.8 Å². The lowest BCUT2D eigenvalue weighted by atomic mass is 9.97. The number of likely N-dealkylation sites (tertiary alicyclic amines) is 1. The number of nitrogens with zero attached hydrogens (tertiary/aromatic N) is 3. The summed E-state index contributed by atoms with van der Waals surface area (Å²) in [5.41, 5.74) is 0.904. The Morgan fingerprint density at radius 2 is 2.17 bits per heavy atom. The van der Waals surface area contributed by atoms with Gasteiger partial charge in [-0.15, -0.1) is 11.6 Å². The standard InChI is InChI=1S/C16H17BrClN3O2/c1-10(18)16(22)21-8-2-3-12(9-21)15-19-14(20-23-15)11-4-6-13(17)7-5-11/h4-7,10,12H,2-3,8-9H2,1H3. The summed E-state index contributed by atoms with van der Waals surface area (Å²) in [4.78, 5) is 18.4. The van der Waals surface area contributed by atoms with Crippen molar-refractivity contribution in [2.75, 3.05) is 13.1 Å². The Bertz CT molecular complexity index is 687. The van der Waals surface area contributed by atoms with Gasteiger partial charge in [0.05, 0.1) is 5.92 Å². The van der Waals surface area contributed by atoms with Crippen LogP contribution in [0.5, 0.6) is 0 Å². The van der Waals surface area contributed by atoms with Gasteiger partial charge in [0.25, 0.3) is 0 Å². The molecule has 1 aromatic heterocycles. The number of alkyl halides is 1. The first-order chi connectivity index (χ1) is 11.0. The zero-order valence-corrected chi connectivity index (χ0v) is 15.0. The highest BCUT2D eigenvalue weighted by atomic mass is 79.9. The lowest BCUT2D eigenvalue weighted by Gasteiger charge is -2.31. The fourth-order valence-corrected chi connectivity index (χ4v) is 3.15. The van der Waals surface area contributed by atoms with Crippen LogP contribution >= 0.6 is 27.5 Å². The van der Waals surface area contributed by atoms with Gasteiger partial charge in [-0.1, -0.05) is 21.1 Å². The van der Waals surface area contributed by atoms with Crippen molar-refractivity contribution in [1.29, 1.82) is 0 Å². The molecule has 3 rings (SSSR count). The van der Waals surface area contributed by atoms with Crippen molar-refractivity contribution >= 4 is 33.4 Å². The Labute approximate surface area is 148 Å². The number of carbonyl (C=O) groups excluding carboxylic acids is 1. The second kappa shape index (κ2) is 7.01. The third-order valence-electron chi connectivity index (χ3n) is 3.97. The van der Waals surface area contributed by atoms with Crippen LogP contribution in [0.1, 0.15) is 31.6 Å². The maximum atomic E-state index is 12.1. The fourth-order valence-electron chi connectivity index (χ4n) is 2.75. The SMILES string of the molecule is CC(Cl)C(=O)N1CCCC(c2nc(-c3ccc(Br)cc3)no2)C1. The van der Waals surface area contributed by atoms with E-state index in [4.69, 9.17) is 16.1 Å². The highest BCUT2D eigenvalue weighted by Crippen LogP contribution is 2.28. The number of piperidine rings is 1. The van der Waals surface area contributed by atoms with Crippen LogP contribution in [0.2, 0.25) is 0 Å². The summed E-state index contributed by atoms with van der Waals surface area (Å²) >= 11 is 9.31. The van der Waals surface area contributed by atoms with Crippen LogP contribution in [0.3, 0.4) is 0 Å². The first-order valence-corrected chi connectivity index (χ1v) is 8.80. The van der Waals surface area contributed by atoms with Gasteiger partial charge in [-0.05, 0) is 44.0 Å². The molecule has 1 amide bonds. The molecule has 1 aliphatic rings. The van der Waals surface area contributed by atoms with Gasteiger partial charge in [0.2, 0.25) is 17.6 Å². The monoisotopic (exact) mass is 397 g/mol. The van der Waals surface area contributed by atoms with Crippen molar-refractivity contribution in [3.63, 3.8) is 0 Å². The minimum atomic E-state index is -0.505. The summed E-state index contributed by atoms with van der Waals surface area (Å²) in [6, 6.07) is 7.75. The van der Waals surface area contributed by atoms with Crippen molar-refractivity contribution in [3.05, 3.63) is 34.6 Å². The van der Waals surface area contributed by atoms with E-state index < -0.39 is 5.38 Å². The average Bonchev–Trinajstić information content (AvgIpc) is 3.05. The Hall–Kier alpha value is -1.40. The normalized spacial score (nSPS) is 19.6. The Morgan fingerprint density at radius 1 is 1.43 bits per heavy atom. The smallest absolute Gasteiger partial charge is 0.240 e. The van der Waals surface area contributed by atoms with Crippen LogP contribution in [0, 0.1) is 0 Å². The van der Waals surface area contributed by atoms with Gasteiger partial charge >= 0.3 is 0 Å². The van der Waals surface area contributed by atoms with E-state index >= 15 is 0 Å². The van der Waals surface area contributed by atoms with E-state index in [1.807, 2.05) is 24.3 Å². The van der Waals surface area contributed by atoms with Crippen molar-refractivity contribution in [2.24, 2.45) is 0 Å². The maximum Gasteiger partial charge on any atom is 0.240 e. The minimum Gasteiger partial charge on any atom is -0.341 e. The summed E-state index contributed by atoms with van der Waals surface area (Å²) in [6.45, 7) is 3.02. The molecule has 0 N–H and O–H groups in total. The Balaban J connectivity index is 1.74. The molecule has 7 heteroatoms. The molecule has 122 valence electrons. The van der Waals surface area contributed by atoms with E-state index in [1.54, 1.807) is 11.8 Å². The molecule has 0 aliphatic carbocycles. The third kappa shape index (κ3) is 3.75. The summed E-state index contributed by atoms with van der Waals surface area (Å²) in [5, 5.41) is 3.56. The van der Waals surface area contributed by atoms with Gasteiger partial charge in [-0.25, -0.2) is 0 Å². The van der Waals surface area contributed by atoms with Gasteiger partial charge < -0.3 is 9.42 Å². The molecule has 5 nitrogen and oxygen atoms in total. The van der Waals surface area contributed by atoms with Crippen molar-refractivity contribution in [2.45, 2.75) is 31.1 Å². The maximum absolute atomic E-state index is 12.1. The summed E-state index contributed by atoms with van der Waals surface area (Å²) in [5.74, 6) is 1.19. The van der Waals surface area contributed by atoms with Gasteiger partial charge in [0.15, 0.2) is 0 Å². The van der Waals surface area contributed by atoms with Crippen molar-refractivity contribution in [1.82, 2.24) is 15.0 Å². The summed E-state index contributed by atoms with van der Waals surface area (Å²) in [6.07, 6.45) is 1.85. The van der Waals surface area contributed by atoms with Gasteiger partial charge in [0, 0.05) is 23.1 Å². The molecule has 2 unspecified atom stereocenters. The van der Waals surface area contributed by atoms with Crippen molar-refractivity contribution < 1.29 is 9.32 Å². The Kier molecular flexibility index (Phi) is 5.02. The number of aromatic nitrogens is 2. The number of halogens is 2. The van der Waals surface area contributed by atoms with Crippen molar-refractivity contribution in [3.8, 4) is 11.4 Å². The third-order valence-corrected chi connectivity index (χ3v) is 4.68. The summed E-state index contributed by atoms with van der Waals surface area (Å²) < 4.78 is 6.44. The highest BCUT2D eigenvalue weighted by Gasteiger charge is 2.30. The molecule has 1 fully saturated rings. The molecule has 2 aromatic rings. The average molecular weight is 399 g/mol. The molecule has 0 spiro atoms. The molecular weight excluding hydrogens is 382 g/mol. The largest absolute Gasteiger partial charge is 0.341 e. The predicted molar refractivity (Wildman–Crippen MR) is 91.3 cm³/mol. The molecule has 1 aromatic carbocycles. The van der Waals surface area contributed by atoms with Crippen LogP contribution in [0.15, 0.2) is 33.3 Å². The molecule has 23 heavy (non-hydrogen) atoms. The first kappa shape index (κ1) is 16.5. The molecule has 1 saturated heterocycles.